The van der Waals surface area contributed by atoms with Crippen LogP contribution in [0.25, 0.3) is 0 Å². The lowest BCUT2D eigenvalue weighted by Crippen LogP contribution is -2.39. The summed E-state index contributed by atoms with van der Waals surface area (Å²) in [6.07, 6.45) is 5.58. The second-order valence-electron chi connectivity index (χ2n) is 7.36. The van der Waals surface area contributed by atoms with Gasteiger partial charge in [0, 0.05) is 44.2 Å². The summed E-state index contributed by atoms with van der Waals surface area (Å²) in [5, 5.41) is 6.85. The fraction of sp³-hybridized carbons (Fsp3) is 0.556. The molecule has 0 radical (unpaired) electrons. The fourth-order valence-corrected chi connectivity index (χ4v) is 3.58. The van der Waals surface area contributed by atoms with E-state index >= 15 is 0 Å². The molecular formula is C18H22N4O3. The number of rotatable bonds is 4. The van der Waals surface area contributed by atoms with Gasteiger partial charge in [0.15, 0.2) is 5.60 Å². The molecule has 7 heteroatoms. The summed E-state index contributed by atoms with van der Waals surface area (Å²) in [5.41, 5.74) is 0.814. The number of aromatic nitrogens is 1. The maximum atomic E-state index is 12.4. The zero-order valence-corrected chi connectivity index (χ0v) is 14.3. The minimum absolute atomic E-state index is 0.180. The van der Waals surface area contributed by atoms with Crippen molar-refractivity contribution in [3.8, 4) is 0 Å². The Labute approximate surface area is 146 Å². The highest BCUT2D eigenvalue weighted by atomic mass is 16.7. The fourth-order valence-electron chi connectivity index (χ4n) is 3.58. The van der Waals surface area contributed by atoms with E-state index in [4.69, 9.17) is 4.84 Å². The van der Waals surface area contributed by atoms with Crippen LogP contribution >= 0.6 is 0 Å². The molecule has 1 aliphatic carbocycles. The minimum Gasteiger partial charge on any atom is -0.386 e. The van der Waals surface area contributed by atoms with Crippen LogP contribution in [-0.2, 0) is 21.0 Å². The van der Waals surface area contributed by atoms with Gasteiger partial charge in [-0.1, -0.05) is 18.1 Å². The van der Waals surface area contributed by atoms with Gasteiger partial charge in [0.25, 0.3) is 5.91 Å². The molecule has 1 saturated carbocycles. The first kappa shape index (κ1) is 16.1. The molecular weight excluding hydrogens is 320 g/mol. The van der Waals surface area contributed by atoms with E-state index in [1.165, 1.54) is 0 Å². The Hall–Kier alpha value is -2.44. The molecule has 0 aromatic carbocycles. The van der Waals surface area contributed by atoms with Gasteiger partial charge in [0.2, 0.25) is 5.91 Å². The Morgan fingerprint density at radius 1 is 1.48 bits per heavy atom. The number of likely N-dealkylation sites (tertiary alicyclic amines) is 1. The van der Waals surface area contributed by atoms with Gasteiger partial charge in [-0.05, 0) is 24.0 Å². The van der Waals surface area contributed by atoms with Crippen molar-refractivity contribution in [1.29, 1.82) is 0 Å². The predicted molar refractivity (Wildman–Crippen MR) is 90.4 cm³/mol. The molecule has 0 unspecified atom stereocenters. The van der Waals surface area contributed by atoms with Crippen LogP contribution in [0.15, 0.2) is 29.7 Å². The van der Waals surface area contributed by atoms with E-state index in [1.54, 1.807) is 12.4 Å². The van der Waals surface area contributed by atoms with Crippen molar-refractivity contribution < 1.29 is 14.4 Å². The summed E-state index contributed by atoms with van der Waals surface area (Å²) in [6.45, 7) is 3.72. The van der Waals surface area contributed by atoms with Crippen LogP contribution in [0.5, 0.6) is 0 Å². The first-order valence-electron chi connectivity index (χ1n) is 8.77. The molecule has 2 amide bonds. The van der Waals surface area contributed by atoms with Gasteiger partial charge >= 0.3 is 0 Å². The van der Waals surface area contributed by atoms with E-state index in [0.717, 1.165) is 18.4 Å². The zero-order valence-electron chi connectivity index (χ0n) is 14.3. The van der Waals surface area contributed by atoms with Gasteiger partial charge in [-0.15, -0.1) is 0 Å². The number of hydrogen-bond acceptors (Lipinski definition) is 5. The first-order valence-corrected chi connectivity index (χ1v) is 8.77. The number of amides is 2. The standard InChI is InChI=1S/C18H22N4O3/c1-12-7-14(12)17(24)22-6-4-18(11-22)8-15(21-25-18)16(23)20-10-13-3-2-5-19-9-13/h2-3,5,9,12,14H,4,6-8,10-11H2,1H3,(H,20,23)/t12-,14+,18+/m1/s1. The van der Waals surface area contributed by atoms with Crippen molar-refractivity contribution in [2.24, 2.45) is 17.0 Å². The quantitative estimate of drug-likeness (QED) is 0.888. The second kappa shape index (κ2) is 6.13. The highest BCUT2D eigenvalue weighted by Crippen LogP contribution is 2.42. The maximum Gasteiger partial charge on any atom is 0.269 e. The molecule has 4 rings (SSSR count). The summed E-state index contributed by atoms with van der Waals surface area (Å²) in [4.78, 5) is 36.2. The minimum atomic E-state index is -0.519. The maximum absolute atomic E-state index is 12.4. The number of pyridine rings is 1. The van der Waals surface area contributed by atoms with Gasteiger partial charge < -0.3 is 15.1 Å². The molecule has 1 spiro atoms. The van der Waals surface area contributed by atoms with E-state index in [9.17, 15) is 9.59 Å². The second-order valence-corrected chi connectivity index (χ2v) is 7.36. The summed E-state index contributed by atoms with van der Waals surface area (Å²) < 4.78 is 0. The molecule has 2 aliphatic heterocycles. The summed E-state index contributed by atoms with van der Waals surface area (Å²) in [7, 11) is 0. The Balaban J connectivity index is 1.30. The lowest BCUT2D eigenvalue weighted by Gasteiger charge is -2.21. The highest BCUT2D eigenvalue weighted by Gasteiger charge is 2.51. The molecule has 0 bridgehead atoms. The number of nitrogens with zero attached hydrogens (tertiary/aromatic N) is 3. The Bertz CT molecular complexity index is 720. The molecule has 1 aromatic heterocycles. The monoisotopic (exact) mass is 342 g/mol. The van der Waals surface area contributed by atoms with Crippen LogP contribution < -0.4 is 5.32 Å². The lowest BCUT2D eigenvalue weighted by atomic mass is 9.96. The third kappa shape index (κ3) is 3.23. The van der Waals surface area contributed by atoms with E-state index < -0.39 is 5.60 Å². The van der Waals surface area contributed by atoms with Crippen LogP contribution in [0.4, 0.5) is 0 Å². The van der Waals surface area contributed by atoms with Gasteiger partial charge in [0.1, 0.15) is 5.71 Å². The lowest BCUT2D eigenvalue weighted by molar-refractivity contribution is -0.133. The van der Waals surface area contributed by atoms with Crippen molar-refractivity contribution in [3.63, 3.8) is 0 Å². The normalized spacial score (nSPS) is 30.1. The number of carbonyl (C=O) groups excluding carboxylic acids is 2. The van der Waals surface area contributed by atoms with Crippen LogP contribution in [0.1, 0.15) is 31.7 Å². The topological polar surface area (TPSA) is 83.9 Å². The predicted octanol–water partition coefficient (Wildman–Crippen LogP) is 1.10. The molecule has 7 nitrogen and oxygen atoms in total. The molecule has 3 aliphatic rings. The molecule has 1 saturated heterocycles. The van der Waals surface area contributed by atoms with Crippen molar-refractivity contribution in [2.45, 2.75) is 38.3 Å². The van der Waals surface area contributed by atoms with Gasteiger partial charge in [0.05, 0.1) is 6.54 Å². The Morgan fingerprint density at radius 2 is 2.32 bits per heavy atom. The summed E-state index contributed by atoms with van der Waals surface area (Å²) in [5.74, 6) is 0.683. The number of hydrogen-bond donors (Lipinski definition) is 1. The number of nitrogens with one attached hydrogen (secondary N) is 1. The molecule has 3 heterocycles. The van der Waals surface area contributed by atoms with Crippen LogP contribution in [0, 0.1) is 11.8 Å². The molecule has 1 N–H and O–H groups in total. The van der Waals surface area contributed by atoms with Crippen LogP contribution in [-0.4, -0.2) is 46.1 Å². The van der Waals surface area contributed by atoms with Crippen molar-refractivity contribution in [3.05, 3.63) is 30.1 Å². The number of carbonyl (C=O) groups is 2. The van der Waals surface area contributed by atoms with Gasteiger partial charge in [-0.3, -0.25) is 14.6 Å². The first-order chi connectivity index (χ1) is 12.1. The third-order valence-electron chi connectivity index (χ3n) is 5.33. The molecule has 1 aromatic rings. The van der Waals surface area contributed by atoms with E-state index in [0.29, 0.717) is 37.7 Å². The highest BCUT2D eigenvalue weighted by molar-refractivity contribution is 6.39. The number of oxime groups is 1. The Kier molecular flexibility index (Phi) is 3.94. The van der Waals surface area contributed by atoms with E-state index in [-0.39, 0.29) is 17.7 Å². The smallest absolute Gasteiger partial charge is 0.269 e. The largest absolute Gasteiger partial charge is 0.386 e. The zero-order chi connectivity index (χ0) is 17.4. The molecule has 132 valence electrons. The molecule has 25 heavy (non-hydrogen) atoms. The summed E-state index contributed by atoms with van der Waals surface area (Å²) >= 11 is 0. The van der Waals surface area contributed by atoms with Crippen molar-refractivity contribution >= 4 is 17.5 Å². The van der Waals surface area contributed by atoms with Crippen LogP contribution in [0.3, 0.4) is 0 Å². The third-order valence-corrected chi connectivity index (χ3v) is 5.33. The average Bonchev–Trinajstić information content (AvgIpc) is 3.05. The van der Waals surface area contributed by atoms with Gasteiger partial charge in [-0.2, -0.15) is 0 Å². The van der Waals surface area contributed by atoms with Gasteiger partial charge in [-0.25, -0.2) is 0 Å². The average molecular weight is 342 g/mol. The summed E-state index contributed by atoms with van der Waals surface area (Å²) in [6, 6.07) is 3.73. The van der Waals surface area contributed by atoms with Crippen molar-refractivity contribution in [2.75, 3.05) is 13.1 Å². The van der Waals surface area contributed by atoms with Crippen LogP contribution in [0.2, 0.25) is 0 Å². The SMILES string of the molecule is C[C@@H]1C[C@@H]1C(=O)N1CC[C@]2(CC(C(=O)NCc3cccnc3)=NO2)C1. The van der Waals surface area contributed by atoms with Crippen molar-refractivity contribution in [1.82, 2.24) is 15.2 Å². The van der Waals surface area contributed by atoms with E-state index in [2.05, 4.69) is 22.4 Å². The Morgan fingerprint density at radius 3 is 3.04 bits per heavy atom. The molecule has 3 atom stereocenters. The van der Waals surface area contributed by atoms with E-state index in [1.807, 2.05) is 17.0 Å². The molecule has 2 fully saturated rings.